The van der Waals surface area contributed by atoms with Crippen LogP contribution in [0, 0.1) is 0 Å². The molecule has 3 heterocycles. The highest BCUT2D eigenvalue weighted by molar-refractivity contribution is 6.03. The maximum atomic E-state index is 12.9. The van der Waals surface area contributed by atoms with E-state index in [1.165, 1.54) is 15.6 Å². The van der Waals surface area contributed by atoms with Crippen molar-refractivity contribution >= 4 is 45.9 Å². The Morgan fingerprint density at radius 3 is 2.72 bits per heavy atom. The van der Waals surface area contributed by atoms with Gasteiger partial charge in [-0.05, 0) is 45.7 Å². The number of ether oxygens (including phenoxy) is 2. The molecule has 1 N–H and O–H groups in total. The van der Waals surface area contributed by atoms with Crippen LogP contribution in [0.15, 0.2) is 42.9 Å². The summed E-state index contributed by atoms with van der Waals surface area (Å²) in [5, 5.41) is 7.62. The minimum absolute atomic E-state index is 0.0541. The molecule has 1 aliphatic carbocycles. The van der Waals surface area contributed by atoms with Gasteiger partial charge in [0.1, 0.15) is 29.4 Å². The van der Waals surface area contributed by atoms with Crippen LogP contribution >= 0.6 is 0 Å². The van der Waals surface area contributed by atoms with Crippen LogP contribution in [-0.2, 0) is 9.47 Å². The van der Waals surface area contributed by atoms with E-state index >= 15 is 0 Å². The van der Waals surface area contributed by atoms with Gasteiger partial charge < -0.3 is 14.8 Å². The molecule has 4 aromatic rings. The van der Waals surface area contributed by atoms with Gasteiger partial charge >= 0.3 is 6.09 Å². The first-order chi connectivity index (χ1) is 17.2. The normalized spacial score (nSPS) is 13.7. The van der Waals surface area contributed by atoms with Gasteiger partial charge in [0.05, 0.1) is 29.1 Å². The number of rotatable bonds is 7. The SMILES string of the molecule is CN(C(=O)OC(C)(C)C)c1cc(Nc2cccc3nccnc23)nc2c(C(=O)COC3CC3)cnn12. The lowest BCUT2D eigenvalue weighted by atomic mass is 10.2. The lowest BCUT2D eigenvalue weighted by Crippen LogP contribution is -2.35. The van der Waals surface area contributed by atoms with Crippen LogP contribution in [-0.4, -0.2) is 61.8 Å². The van der Waals surface area contributed by atoms with Crippen molar-refractivity contribution in [1.29, 1.82) is 0 Å². The van der Waals surface area contributed by atoms with Gasteiger partial charge in [0.15, 0.2) is 11.4 Å². The molecule has 1 saturated carbocycles. The number of carbonyl (C=O) groups excluding carboxylic acids is 2. The fourth-order valence-corrected chi connectivity index (χ4v) is 3.61. The Kier molecular flexibility index (Phi) is 6.00. The maximum Gasteiger partial charge on any atom is 0.415 e. The van der Waals surface area contributed by atoms with E-state index in [1.54, 1.807) is 46.3 Å². The van der Waals surface area contributed by atoms with E-state index in [4.69, 9.17) is 9.47 Å². The predicted octanol–water partition coefficient (Wildman–Crippen LogP) is 4.15. The minimum Gasteiger partial charge on any atom is -0.443 e. The lowest BCUT2D eigenvalue weighted by Gasteiger charge is -2.25. The fraction of sp³-hybridized carbons (Fsp3) is 0.360. The molecule has 0 atom stereocenters. The number of hydrogen-bond acceptors (Lipinski definition) is 9. The van der Waals surface area contributed by atoms with E-state index in [0.29, 0.717) is 39.6 Å². The lowest BCUT2D eigenvalue weighted by molar-refractivity contribution is 0.0587. The maximum absolute atomic E-state index is 12.9. The number of benzene rings is 1. The van der Waals surface area contributed by atoms with Gasteiger partial charge in [-0.2, -0.15) is 9.61 Å². The Hall–Kier alpha value is -4.12. The zero-order valence-corrected chi connectivity index (χ0v) is 20.6. The highest BCUT2D eigenvalue weighted by Crippen LogP contribution is 2.28. The molecule has 1 aliphatic rings. The van der Waals surface area contributed by atoms with Crippen LogP contribution in [0.3, 0.4) is 0 Å². The number of nitrogens with zero attached hydrogens (tertiary/aromatic N) is 6. The smallest absolute Gasteiger partial charge is 0.415 e. The topological polar surface area (TPSA) is 124 Å². The van der Waals surface area contributed by atoms with Crippen molar-refractivity contribution in [3.8, 4) is 0 Å². The first-order valence-corrected chi connectivity index (χ1v) is 11.7. The second kappa shape index (κ2) is 9.15. The molecular formula is C25H27N7O4. The van der Waals surface area contributed by atoms with Gasteiger partial charge in [-0.15, -0.1) is 0 Å². The molecule has 1 aromatic carbocycles. The van der Waals surface area contributed by atoms with Gasteiger partial charge in [0.2, 0.25) is 0 Å². The number of anilines is 3. The number of para-hydroxylation sites is 1. The molecular weight excluding hydrogens is 462 g/mol. The van der Waals surface area contributed by atoms with Crippen LogP contribution in [0.1, 0.15) is 44.0 Å². The number of amides is 1. The Bertz CT molecular complexity index is 1450. The molecule has 186 valence electrons. The average Bonchev–Trinajstić information content (AvgIpc) is 3.58. The molecule has 3 aromatic heterocycles. The summed E-state index contributed by atoms with van der Waals surface area (Å²) in [6.45, 7) is 5.32. The highest BCUT2D eigenvalue weighted by atomic mass is 16.6. The van der Waals surface area contributed by atoms with Gasteiger partial charge in [0.25, 0.3) is 0 Å². The minimum atomic E-state index is -0.689. The van der Waals surface area contributed by atoms with E-state index < -0.39 is 11.7 Å². The summed E-state index contributed by atoms with van der Waals surface area (Å²) in [4.78, 5) is 40.6. The standard InChI is InChI=1S/C25H27N7O4/c1-25(2,3)36-24(34)31(4)21-12-20(29-18-7-5-6-17-22(18)27-11-10-26-17)30-23-16(13-28-32(21)23)19(33)14-35-15-8-9-15/h5-7,10-13,15H,8-9,14H2,1-4H3,(H,29,30). The van der Waals surface area contributed by atoms with Crippen molar-refractivity contribution < 1.29 is 19.1 Å². The molecule has 36 heavy (non-hydrogen) atoms. The molecule has 11 heteroatoms. The number of nitrogens with one attached hydrogen (secondary N) is 1. The first kappa shape index (κ1) is 23.6. The van der Waals surface area contributed by atoms with E-state index in [0.717, 1.165) is 12.8 Å². The van der Waals surface area contributed by atoms with Crippen molar-refractivity contribution in [1.82, 2.24) is 24.6 Å². The molecule has 5 rings (SSSR count). The number of fused-ring (bicyclic) bond motifs is 2. The Morgan fingerprint density at radius 2 is 1.97 bits per heavy atom. The zero-order chi connectivity index (χ0) is 25.4. The molecule has 0 aliphatic heterocycles. The zero-order valence-electron chi connectivity index (χ0n) is 20.6. The van der Waals surface area contributed by atoms with E-state index in [-0.39, 0.29) is 18.5 Å². The number of aromatic nitrogens is 5. The van der Waals surface area contributed by atoms with Crippen LogP contribution in [0.5, 0.6) is 0 Å². The van der Waals surface area contributed by atoms with Crippen molar-refractivity contribution in [2.75, 3.05) is 23.9 Å². The summed E-state index contributed by atoms with van der Waals surface area (Å²) in [5.74, 6) is 0.525. The summed E-state index contributed by atoms with van der Waals surface area (Å²) < 4.78 is 12.6. The van der Waals surface area contributed by atoms with Crippen LogP contribution in [0.2, 0.25) is 0 Å². The monoisotopic (exact) mass is 489 g/mol. The number of Topliss-reactive ketones (excluding diaryl/α,β-unsaturated/α-hetero) is 1. The summed E-state index contributed by atoms with van der Waals surface area (Å²) >= 11 is 0. The van der Waals surface area contributed by atoms with Gasteiger partial charge in [0, 0.05) is 25.5 Å². The summed E-state index contributed by atoms with van der Waals surface area (Å²) in [7, 11) is 1.58. The molecule has 0 radical (unpaired) electrons. The summed E-state index contributed by atoms with van der Waals surface area (Å²) in [6, 6.07) is 7.23. The number of carbonyl (C=O) groups is 2. The third kappa shape index (κ3) is 4.96. The largest absolute Gasteiger partial charge is 0.443 e. The van der Waals surface area contributed by atoms with Gasteiger partial charge in [-0.3, -0.25) is 19.7 Å². The Labute approximate surface area is 207 Å². The Morgan fingerprint density at radius 1 is 1.19 bits per heavy atom. The second-order valence-electron chi connectivity index (χ2n) is 9.62. The van der Waals surface area contributed by atoms with Crippen molar-refractivity contribution in [2.24, 2.45) is 0 Å². The first-order valence-electron chi connectivity index (χ1n) is 11.7. The van der Waals surface area contributed by atoms with Crippen LogP contribution in [0.4, 0.5) is 22.1 Å². The quantitative estimate of drug-likeness (QED) is 0.381. The molecule has 1 fully saturated rings. The number of ketones is 1. The molecule has 1 amide bonds. The van der Waals surface area contributed by atoms with Gasteiger partial charge in [-0.1, -0.05) is 6.07 Å². The molecule has 0 saturated heterocycles. The third-order valence-electron chi connectivity index (χ3n) is 5.50. The molecule has 0 bridgehead atoms. The average molecular weight is 490 g/mol. The Balaban J connectivity index is 1.57. The van der Waals surface area contributed by atoms with E-state index in [9.17, 15) is 9.59 Å². The van der Waals surface area contributed by atoms with E-state index in [2.05, 4.69) is 25.4 Å². The number of hydrogen-bond donors (Lipinski definition) is 1. The van der Waals surface area contributed by atoms with Crippen molar-refractivity contribution in [2.45, 2.75) is 45.3 Å². The summed E-state index contributed by atoms with van der Waals surface area (Å²) in [6.07, 6.45) is 6.18. The second-order valence-corrected chi connectivity index (χ2v) is 9.62. The third-order valence-corrected chi connectivity index (χ3v) is 5.50. The van der Waals surface area contributed by atoms with E-state index in [1.807, 2.05) is 18.2 Å². The van der Waals surface area contributed by atoms with Gasteiger partial charge in [-0.25, -0.2) is 9.78 Å². The summed E-state index contributed by atoms with van der Waals surface area (Å²) in [5.41, 5.74) is 1.95. The predicted molar refractivity (Wildman–Crippen MR) is 134 cm³/mol. The van der Waals surface area contributed by atoms with Crippen molar-refractivity contribution in [3.05, 3.63) is 48.4 Å². The van der Waals surface area contributed by atoms with Crippen LogP contribution in [0.25, 0.3) is 16.7 Å². The highest BCUT2D eigenvalue weighted by Gasteiger charge is 2.27. The molecule has 0 unspecified atom stereocenters. The molecule has 0 spiro atoms. The van der Waals surface area contributed by atoms with Crippen molar-refractivity contribution in [3.63, 3.8) is 0 Å². The molecule has 11 nitrogen and oxygen atoms in total. The van der Waals surface area contributed by atoms with Crippen LogP contribution < -0.4 is 10.2 Å². The fourth-order valence-electron chi connectivity index (χ4n) is 3.61.